The predicted molar refractivity (Wildman–Crippen MR) is 119 cm³/mol. The fraction of sp³-hybridized carbons (Fsp3) is 0.348. The van der Waals surface area contributed by atoms with Gasteiger partial charge in [-0.1, -0.05) is 12.1 Å². The molecule has 1 saturated heterocycles. The molecule has 3 heterocycles. The van der Waals surface area contributed by atoms with Crippen LogP contribution in [0.15, 0.2) is 55.6 Å². The van der Waals surface area contributed by atoms with E-state index in [1.54, 1.807) is 23.4 Å². The minimum absolute atomic E-state index is 0.0376. The van der Waals surface area contributed by atoms with Gasteiger partial charge in [0, 0.05) is 25.1 Å². The molecule has 16 heteroatoms. The number of rotatable bonds is 6. The van der Waals surface area contributed by atoms with E-state index < -0.39 is 30.1 Å². The SMILES string of the molecule is C=CCO[C@H]1CCN(C(=O)c2ccncc2F)[C@H]1Cc1cccnc1.O=C(O)C(F)(F)F.O=C(O)C(F)(F)F. The van der Waals surface area contributed by atoms with Crippen LogP contribution in [0.25, 0.3) is 0 Å². The van der Waals surface area contributed by atoms with Crippen LogP contribution in [0.2, 0.25) is 0 Å². The third kappa shape index (κ3) is 11.1. The number of hydrogen-bond donors (Lipinski definition) is 2. The highest BCUT2D eigenvalue weighted by Crippen LogP contribution is 2.27. The van der Waals surface area contributed by atoms with E-state index in [0.717, 1.165) is 11.8 Å². The Hall–Kier alpha value is -4.08. The van der Waals surface area contributed by atoms with Crippen molar-refractivity contribution in [1.29, 1.82) is 0 Å². The third-order valence-corrected chi connectivity index (χ3v) is 4.83. The molecule has 2 aromatic heterocycles. The molecule has 0 radical (unpaired) electrons. The average Bonchev–Trinajstić information content (AvgIpc) is 3.25. The first-order chi connectivity index (χ1) is 18.1. The van der Waals surface area contributed by atoms with Gasteiger partial charge in [0.1, 0.15) is 0 Å². The van der Waals surface area contributed by atoms with Gasteiger partial charge in [0.05, 0.1) is 30.5 Å². The second kappa shape index (κ2) is 14.8. The van der Waals surface area contributed by atoms with Crippen molar-refractivity contribution in [1.82, 2.24) is 14.9 Å². The summed E-state index contributed by atoms with van der Waals surface area (Å²) in [4.78, 5) is 40.2. The second-order valence-electron chi connectivity index (χ2n) is 7.54. The molecule has 0 aliphatic carbocycles. The van der Waals surface area contributed by atoms with Crippen LogP contribution in [0, 0.1) is 5.82 Å². The number of pyridine rings is 2. The molecule has 0 aromatic carbocycles. The Balaban J connectivity index is 0.000000449. The van der Waals surface area contributed by atoms with E-state index in [9.17, 15) is 35.5 Å². The second-order valence-corrected chi connectivity index (χ2v) is 7.54. The molecule has 1 fully saturated rings. The molecule has 0 bridgehead atoms. The van der Waals surface area contributed by atoms with Gasteiger partial charge in [0.25, 0.3) is 5.91 Å². The maximum Gasteiger partial charge on any atom is 0.490 e. The Bertz CT molecular complexity index is 1090. The van der Waals surface area contributed by atoms with Gasteiger partial charge in [-0.05, 0) is 30.5 Å². The fourth-order valence-corrected chi connectivity index (χ4v) is 3.17. The van der Waals surface area contributed by atoms with Crippen LogP contribution < -0.4 is 0 Å². The highest BCUT2D eigenvalue weighted by molar-refractivity contribution is 5.94. The number of aromatic nitrogens is 2. The third-order valence-electron chi connectivity index (χ3n) is 4.83. The molecule has 1 aliphatic rings. The highest BCUT2D eigenvalue weighted by Gasteiger charge is 2.39. The molecule has 2 N–H and O–H groups in total. The van der Waals surface area contributed by atoms with Crippen molar-refractivity contribution in [2.24, 2.45) is 0 Å². The lowest BCUT2D eigenvalue weighted by Crippen LogP contribution is -2.42. The van der Waals surface area contributed by atoms with Gasteiger partial charge < -0.3 is 19.8 Å². The van der Waals surface area contributed by atoms with Crippen LogP contribution in [-0.4, -0.2) is 80.6 Å². The Labute approximate surface area is 216 Å². The van der Waals surface area contributed by atoms with Crippen molar-refractivity contribution in [2.75, 3.05) is 13.2 Å². The fourth-order valence-electron chi connectivity index (χ4n) is 3.17. The van der Waals surface area contributed by atoms with Crippen molar-refractivity contribution in [3.05, 3.63) is 72.6 Å². The Morgan fingerprint density at radius 3 is 2.05 bits per heavy atom. The summed E-state index contributed by atoms with van der Waals surface area (Å²) in [6.07, 6.45) is -1.32. The monoisotopic (exact) mass is 569 g/mol. The summed E-state index contributed by atoms with van der Waals surface area (Å²) in [5.41, 5.74) is 1.05. The largest absolute Gasteiger partial charge is 0.490 e. The smallest absolute Gasteiger partial charge is 0.475 e. The van der Waals surface area contributed by atoms with Crippen LogP contribution in [0.3, 0.4) is 0 Å². The predicted octanol–water partition coefficient (Wildman–Crippen LogP) is 3.91. The first kappa shape index (κ1) is 32.9. The maximum atomic E-state index is 14.0. The lowest BCUT2D eigenvalue weighted by molar-refractivity contribution is -0.193. The molecule has 2 atom stereocenters. The Morgan fingerprint density at radius 2 is 1.59 bits per heavy atom. The van der Waals surface area contributed by atoms with Gasteiger partial charge in [0.15, 0.2) is 5.82 Å². The van der Waals surface area contributed by atoms with Crippen molar-refractivity contribution in [3.63, 3.8) is 0 Å². The van der Waals surface area contributed by atoms with E-state index in [-0.39, 0.29) is 23.6 Å². The number of carbonyl (C=O) groups excluding carboxylic acids is 1. The first-order valence-corrected chi connectivity index (χ1v) is 10.7. The van der Waals surface area contributed by atoms with Gasteiger partial charge in [-0.3, -0.25) is 14.8 Å². The summed E-state index contributed by atoms with van der Waals surface area (Å²) in [5, 5.41) is 14.2. The molecular weight excluding hydrogens is 547 g/mol. The van der Waals surface area contributed by atoms with Gasteiger partial charge in [-0.2, -0.15) is 26.3 Å². The van der Waals surface area contributed by atoms with Crippen LogP contribution >= 0.6 is 0 Å². The molecule has 2 aromatic rings. The number of halogens is 7. The minimum atomic E-state index is -5.08. The molecule has 0 spiro atoms. The first-order valence-electron chi connectivity index (χ1n) is 10.7. The minimum Gasteiger partial charge on any atom is -0.475 e. The normalized spacial score (nSPS) is 16.7. The van der Waals surface area contributed by atoms with E-state index in [2.05, 4.69) is 16.5 Å². The van der Waals surface area contributed by atoms with E-state index in [0.29, 0.717) is 26.0 Å². The number of likely N-dealkylation sites (tertiary alicyclic amines) is 1. The standard InChI is InChI=1S/C19H20FN3O2.2C2HF3O2/c1-2-10-25-18-6-9-23(17(18)11-14-4-3-7-21-12-14)19(24)15-5-8-22-13-16(15)20;2*3-2(4,5)1(6)7/h2-5,7-8,12-13,17-18H,1,6,9-11H2;2*(H,6,7)/t17-,18-;;/m0../s1. The topological polar surface area (TPSA) is 130 Å². The Morgan fingerprint density at radius 1 is 1.03 bits per heavy atom. The molecule has 0 saturated carbocycles. The van der Waals surface area contributed by atoms with Gasteiger partial charge in [-0.15, -0.1) is 6.58 Å². The van der Waals surface area contributed by atoms with Gasteiger partial charge in [-0.25, -0.2) is 14.0 Å². The van der Waals surface area contributed by atoms with Crippen LogP contribution in [0.5, 0.6) is 0 Å². The zero-order valence-corrected chi connectivity index (χ0v) is 19.8. The molecule has 1 aliphatic heterocycles. The van der Waals surface area contributed by atoms with Gasteiger partial charge in [0.2, 0.25) is 0 Å². The number of carboxylic acid groups (broad SMARTS) is 2. The average molecular weight is 569 g/mol. The molecular formula is C23H22F7N3O6. The quantitative estimate of drug-likeness (QED) is 0.396. The number of amides is 1. The number of carboxylic acids is 2. The molecule has 214 valence electrons. The lowest BCUT2D eigenvalue weighted by Gasteiger charge is -2.28. The van der Waals surface area contributed by atoms with Crippen LogP contribution in [0.4, 0.5) is 30.7 Å². The summed E-state index contributed by atoms with van der Waals surface area (Å²) in [6.45, 7) is 4.61. The van der Waals surface area contributed by atoms with E-state index in [4.69, 9.17) is 24.5 Å². The summed E-state index contributed by atoms with van der Waals surface area (Å²) >= 11 is 0. The molecule has 1 amide bonds. The van der Waals surface area contributed by atoms with E-state index >= 15 is 0 Å². The summed E-state index contributed by atoms with van der Waals surface area (Å²) in [6, 6.07) is 5.06. The molecule has 39 heavy (non-hydrogen) atoms. The summed E-state index contributed by atoms with van der Waals surface area (Å²) < 4.78 is 83.3. The Kier molecular flexibility index (Phi) is 12.5. The van der Waals surface area contributed by atoms with E-state index in [1.165, 1.54) is 12.3 Å². The number of ether oxygens (including phenoxy) is 1. The zero-order valence-electron chi connectivity index (χ0n) is 19.8. The van der Waals surface area contributed by atoms with Crippen LogP contribution in [0.1, 0.15) is 22.3 Å². The van der Waals surface area contributed by atoms with Gasteiger partial charge >= 0.3 is 24.3 Å². The number of aliphatic carboxylic acids is 2. The molecule has 0 unspecified atom stereocenters. The zero-order chi connectivity index (χ0) is 29.8. The maximum absolute atomic E-state index is 14.0. The van der Waals surface area contributed by atoms with Crippen molar-refractivity contribution >= 4 is 17.8 Å². The van der Waals surface area contributed by atoms with E-state index in [1.807, 2.05) is 12.1 Å². The number of carbonyl (C=O) groups is 3. The lowest BCUT2D eigenvalue weighted by atomic mass is 10.0. The van der Waals surface area contributed by atoms with Crippen LogP contribution in [-0.2, 0) is 20.7 Å². The molecule has 3 rings (SSSR count). The van der Waals surface area contributed by atoms with Crippen molar-refractivity contribution < 1.29 is 60.1 Å². The van der Waals surface area contributed by atoms with Crippen molar-refractivity contribution in [3.8, 4) is 0 Å². The summed E-state index contributed by atoms with van der Waals surface area (Å²) in [5.74, 6) is -6.46. The van der Waals surface area contributed by atoms with Crippen molar-refractivity contribution in [2.45, 2.75) is 37.3 Å². The molecule has 9 nitrogen and oxygen atoms in total. The highest BCUT2D eigenvalue weighted by atomic mass is 19.4. The number of alkyl halides is 6. The summed E-state index contributed by atoms with van der Waals surface area (Å²) in [7, 11) is 0. The number of hydrogen-bond acceptors (Lipinski definition) is 6. The number of nitrogens with zero attached hydrogens (tertiary/aromatic N) is 3.